The quantitative estimate of drug-likeness (QED) is 0.807. The minimum atomic E-state index is 0.671. The zero-order valence-electron chi connectivity index (χ0n) is 12.0. The van der Waals surface area contributed by atoms with Crippen molar-refractivity contribution in [2.75, 3.05) is 13.1 Å². The molecule has 0 radical (unpaired) electrons. The van der Waals surface area contributed by atoms with Crippen LogP contribution in [0.3, 0.4) is 0 Å². The van der Waals surface area contributed by atoms with Gasteiger partial charge in [-0.1, -0.05) is 11.6 Å². The molecule has 3 aromatic rings. The molecule has 5 nitrogen and oxygen atoms in total. The molecule has 0 aromatic carbocycles. The highest BCUT2D eigenvalue weighted by Gasteiger charge is 2.16. The molecule has 0 unspecified atom stereocenters. The fraction of sp³-hybridized carbons (Fsp3) is 0.312. The van der Waals surface area contributed by atoms with Crippen molar-refractivity contribution in [1.29, 1.82) is 0 Å². The first-order valence-corrected chi connectivity index (χ1v) is 7.82. The van der Waals surface area contributed by atoms with Gasteiger partial charge in [0, 0.05) is 12.4 Å². The van der Waals surface area contributed by atoms with Crippen LogP contribution in [0.1, 0.15) is 12.1 Å². The first kappa shape index (κ1) is 13.7. The Balaban J connectivity index is 1.62. The monoisotopic (exact) mass is 313 g/mol. The molecule has 112 valence electrons. The number of imidazole rings is 1. The summed E-state index contributed by atoms with van der Waals surface area (Å²) in [6.45, 7) is 2.19. The summed E-state index contributed by atoms with van der Waals surface area (Å²) in [5, 5.41) is 4.05. The predicted octanol–water partition coefficient (Wildman–Crippen LogP) is 2.60. The number of nitrogens with zero attached hydrogens (tertiary/aromatic N) is 4. The lowest BCUT2D eigenvalue weighted by molar-refractivity contribution is 0.570. The number of fused-ring (bicyclic) bond motifs is 1. The summed E-state index contributed by atoms with van der Waals surface area (Å²) in [6, 6.07) is 3.72. The van der Waals surface area contributed by atoms with E-state index in [4.69, 9.17) is 11.6 Å². The van der Waals surface area contributed by atoms with Gasteiger partial charge < -0.3 is 5.32 Å². The van der Waals surface area contributed by atoms with Crippen molar-refractivity contribution in [2.45, 2.75) is 12.8 Å². The maximum absolute atomic E-state index is 6.06. The summed E-state index contributed by atoms with van der Waals surface area (Å²) >= 11 is 6.06. The smallest absolute Gasteiger partial charge is 0.137 e. The molecule has 6 heteroatoms. The molecular formula is C16H16ClN5. The van der Waals surface area contributed by atoms with Crippen molar-refractivity contribution in [3.63, 3.8) is 0 Å². The molecule has 1 N–H and O–H groups in total. The molecule has 3 aromatic heterocycles. The number of rotatable bonds is 3. The van der Waals surface area contributed by atoms with Crippen molar-refractivity contribution in [3.05, 3.63) is 47.6 Å². The van der Waals surface area contributed by atoms with Gasteiger partial charge >= 0.3 is 0 Å². The predicted molar refractivity (Wildman–Crippen MR) is 85.9 cm³/mol. The minimum Gasteiger partial charge on any atom is -0.316 e. The summed E-state index contributed by atoms with van der Waals surface area (Å²) < 4.78 is 1.94. The van der Waals surface area contributed by atoms with Crippen LogP contribution in [0.25, 0.3) is 17.0 Å². The first-order chi connectivity index (χ1) is 10.8. The van der Waals surface area contributed by atoms with E-state index in [0.29, 0.717) is 10.9 Å². The molecule has 0 bridgehead atoms. The van der Waals surface area contributed by atoms with E-state index in [2.05, 4.69) is 20.3 Å². The van der Waals surface area contributed by atoms with Gasteiger partial charge in [-0.15, -0.1) is 0 Å². The average molecular weight is 314 g/mol. The molecule has 1 fully saturated rings. The number of halogens is 1. The number of hydrogen-bond acceptors (Lipinski definition) is 4. The van der Waals surface area contributed by atoms with Gasteiger partial charge in [-0.05, 0) is 44.0 Å². The van der Waals surface area contributed by atoms with E-state index in [9.17, 15) is 0 Å². The molecule has 1 saturated heterocycles. The van der Waals surface area contributed by atoms with Crippen LogP contribution in [0, 0.1) is 5.92 Å². The lowest BCUT2D eigenvalue weighted by atomic mass is 10.0. The molecule has 1 aliphatic rings. The lowest BCUT2D eigenvalue weighted by Gasteiger charge is -2.07. The van der Waals surface area contributed by atoms with Crippen LogP contribution < -0.4 is 5.32 Å². The molecule has 4 rings (SSSR count). The van der Waals surface area contributed by atoms with Crippen molar-refractivity contribution in [1.82, 2.24) is 24.7 Å². The lowest BCUT2D eigenvalue weighted by Crippen LogP contribution is -2.11. The molecule has 1 aliphatic heterocycles. The summed E-state index contributed by atoms with van der Waals surface area (Å²) in [4.78, 5) is 13.5. The van der Waals surface area contributed by atoms with E-state index in [-0.39, 0.29) is 0 Å². The van der Waals surface area contributed by atoms with Crippen molar-refractivity contribution >= 4 is 17.2 Å². The fourth-order valence-corrected chi connectivity index (χ4v) is 3.08. The van der Waals surface area contributed by atoms with E-state index < -0.39 is 0 Å². The second-order valence-electron chi connectivity index (χ2n) is 5.67. The van der Waals surface area contributed by atoms with Crippen molar-refractivity contribution in [3.8, 4) is 11.4 Å². The van der Waals surface area contributed by atoms with Crippen LogP contribution in [0.4, 0.5) is 0 Å². The first-order valence-electron chi connectivity index (χ1n) is 7.44. The van der Waals surface area contributed by atoms with Crippen molar-refractivity contribution < 1.29 is 0 Å². The number of hydrogen-bond donors (Lipinski definition) is 1. The second-order valence-corrected chi connectivity index (χ2v) is 6.11. The Kier molecular flexibility index (Phi) is 3.52. The van der Waals surface area contributed by atoms with Gasteiger partial charge in [0.1, 0.15) is 11.3 Å². The molecule has 0 aliphatic carbocycles. The summed E-state index contributed by atoms with van der Waals surface area (Å²) in [5.41, 5.74) is 3.61. The van der Waals surface area contributed by atoms with Gasteiger partial charge in [-0.2, -0.15) is 0 Å². The number of pyridine rings is 1. The maximum Gasteiger partial charge on any atom is 0.137 e. The Bertz CT molecular complexity index is 790. The topological polar surface area (TPSA) is 55.1 Å². The highest BCUT2D eigenvalue weighted by Crippen LogP contribution is 2.21. The maximum atomic E-state index is 6.06. The summed E-state index contributed by atoms with van der Waals surface area (Å²) in [7, 11) is 0. The summed E-state index contributed by atoms with van der Waals surface area (Å²) in [5.74, 6) is 0.676. The van der Waals surface area contributed by atoms with Gasteiger partial charge in [-0.3, -0.25) is 14.4 Å². The molecule has 1 atom stereocenters. The average Bonchev–Trinajstić information content (AvgIpc) is 3.17. The molecule has 0 amide bonds. The third-order valence-corrected chi connectivity index (χ3v) is 4.32. The standard InChI is InChI=1S/C16H16ClN5/c17-12-1-2-16-21-9-15(22(16)10-12)14-8-19-13(7-20-14)5-11-3-4-18-6-11/h1-2,7-11,18H,3-6H2/t11-/m0/s1. The Morgan fingerprint density at radius 3 is 2.91 bits per heavy atom. The highest BCUT2D eigenvalue weighted by atomic mass is 35.5. The van der Waals surface area contributed by atoms with E-state index >= 15 is 0 Å². The van der Waals surface area contributed by atoms with Crippen molar-refractivity contribution in [2.24, 2.45) is 5.92 Å². The van der Waals surface area contributed by atoms with Crippen LogP contribution in [0.5, 0.6) is 0 Å². The van der Waals surface area contributed by atoms with Gasteiger partial charge in [0.2, 0.25) is 0 Å². The van der Waals surface area contributed by atoms with E-state index in [1.807, 2.05) is 35.1 Å². The number of nitrogens with one attached hydrogen (secondary N) is 1. The Hall–Kier alpha value is -1.98. The zero-order chi connectivity index (χ0) is 14.9. The van der Waals surface area contributed by atoms with Crippen LogP contribution in [-0.2, 0) is 6.42 Å². The zero-order valence-corrected chi connectivity index (χ0v) is 12.8. The fourth-order valence-electron chi connectivity index (χ4n) is 2.92. The third-order valence-electron chi connectivity index (χ3n) is 4.10. The van der Waals surface area contributed by atoms with Crippen LogP contribution >= 0.6 is 11.6 Å². The van der Waals surface area contributed by atoms with Gasteiger partial charge in [0.05, 0.1) is 28.8 Å². The SMILES string of the molecule is Clc1ccc2ncc(-c3cnc(C[C@@H]4CCNC4)cn3)n2c1. The third kappa shape index (κ3) is 2.58. The Morgan fingerprint density at radius 1 is 1.18 bits per heavy atom. The largest absolute Gasteiger partial charge is 0.316 e. The van der Waals surface area contributed by atoms with Crippen LogP contribution in [-0.4, -0.2) is 32.4 Å². The normalized spacial score (nSPS) is 18.1. The molecule has 22 heavy (non-hydrogen) atoms. The second kappa shape index (κ2) is 5.66. The van der Waals surface area contributed by atoms with E-state index in [1.54, 1.807) is 6.20 Å². The van der Waals surface area contributed by atoms with E-state index in [0.717, 1.165) is 42.2 Å². The Morgan fingerprint density at radius 2 is 2.14 bits per heavy atom. The Labute approximate surface area is 133 Å². The number of aromatic nitrogens is 4. The molecule has 4 heterocycles. The molecule has 0 spiro atoms. The highest BCUT2D eigenvalue weighted by molar-refractivity contribution is 6.30. The van der Waals surface area contributed by atoms with Gasteiger partial charge in [-0.25, -0.2) is 4.98 Å². The van der Waals surface area contributed by atoms with Gasteiger partial charge in [0.15, 0.2) is 0 Å². The van der Waals surface area contributed by atoms with Crippen LogP contribution in [0.15, 0.2) is 36.9 Å². The molecule has 0 saturated carbocycles. The van der Waals surface area contributed by atoms with Crippen LogP contribution in [0.2, 0.25) is 5.02 Å². The summed E-state index contributed by atoms with van der Waals surface area (Å²) in [6.07, 6.45) is 9.55. The van der Waals surface area contributed by atoms with Gasteiger partial charge in [0.25, 0.3) is 0 Å². The van der Waals surface area contributed by atoms with E-state index in [1.165, 1.54) is 6.42 Å². The molecular weight excluding hydrogens is 298 g/mol. The minimum absolute atomic E-state index is 0.671.